The van der Waals surface area contributed by atoms with Crippen molar-refractivity contribution in [3.63, 3.8) is 0 Å². The molecule has 1 aliphatic rings. The van der Waals surface area contributed by atoms with E-state index >= 15 is 0 Å². The minimum Gasteiger partial charge on any atom is -0.324 e. The van der Waals surface area contributed by atoms with Crippen LogP contribution in [0.15, 0.2) is 84.0 Å². The summed E-state index contributed by atoms with van der Waals surface area (Å²) in [6.45, 7) is 4.54. The Kier molecular flexibility index (Phi) is 7.09. The number of hydrogen-bond donors (Lipinski definition) is 2. The van der Waals surface area contributed by atoms with Crippen molar-refractivity contribution in [1.29, 1.82) is 0 Å². The first-order valence-corrected chi connectivity index (χ1v) is 13.7. The molecule has 2 aromatic carbocycles. The van der Waals surface area contributed by atoms with Crippen molar-refractivity contribution in [2.24, 2.45) is 0 Å². The predicted octanol–water partition coefficient (Wildman–Crippen LogP) is 6.40. The van der Waals surface area contributed by atoms with Crippen LogP contribution in [0, 0.1) is 0 Å². The molecule has 0 aliphatic carbocycles. The maximum absolute atomic E-state index is 13.6. The van der Waals surface area contributed by atoms with Gasteiger partial charge in [-0.25, -0.2) is 4.98 Å². The first-order chi connectivity index (χ1) is 19.1. The van der Waals surface area contributed by atoms with Gasteiger partial charge >= 0.3 is 0 Å². The molecule has 1 saturated heterocycles. The average molecular weight is 537 g/mol. The minimum absolute atomic E-state index is 0.142. The number of nitrogens with zero attached hydrogens (tertiary/aromatic N) is 4. The van der Waals surface area contributed by atoms with Crippen LogP contribution < -0.4 is 16.2 Å². The van der Waals surface area contributed by atoms with E-state index in [9.17, 15) is 4.79 Å². The number of pyridine rings is 2. The van der Waals surface area contributed by atoms with Gasteiger partial charge in [-0.1, -0.05) is 41.9 Å². The topological polar surface area (TPSA) is 84.7 Å². The zero-order valence-corrected chi connectivity index (χ0v) is 22.4. The smallest absolute Gasteiger partial charge is 0.260 e. The van der Waals surface area contributed by atoms with Gasteiger partial charge in [0.15, 0.2) is 0 Å². The lowest BCUT2D eigenvalue weighted by Crippen LogP contribution is -2.26. The van der Waals surface area contributed by atoms with Crippen LogP contribution in [0.2, 0.25) is 5.02 Å². The van der Waals surface area contributed by atoms with Gasteiger partial charge in [0.1, 0.15) is 5.65 Å². The zero-order valence-electron chi connectivity index (χ0n) is 21.7. The molecule has 0 radical (unpaired) electrons. The number of nitrogens with one attached hydrogen (secondary N) is 2. The van der Waals surface area contributed by atoms with Crippen LogP contribution in [0.5, 0.6) is 0 Å². The summed E-state index contributed by atoms with van der Waals surface area (Å²) in [5.74, 6) is 1.05. The van der Waals surface area contributed by atoms with E-state index in [4.69, 9.17) is 16.6 Å². The molecule has 6 rings (SSSR count). The van der Waals surface area contributed by atoms with Gasteiger partial charge in [0.05, 0.1) is 0 Å². The SMILES string of the molecule is CCn1c(=O)c(-c2ccc(-c3cccnc3)cc2Cl)cc2cnc(Nc3ccc(C4CCNCC4)cc3)nc21. The van der Waals surface area contributed by atoms with E-state index in [1.54, 1.807) is 23.2 Å². The highest BCUT2D eigenvalue weighted by Gasteiger charge is 2.17. The molecule has 0 unspecified atom stereocenters. The fourth-order valence-electron chi connectivity index (χ4n) is 5.28. The summed E-state index contributed by atoms with van der Waals surface area (Å²) in [5.41, 5.74) is 5.81. The quantitative estimate of drug-likeness (QED) is 0.261. The lowest BCUT2D eigenvalue weighted by Gasteiger charge is -2.23. The minimum atomic E-state index is -0.142. The Morgan fingerprint density at radius 3 is 2.54 bits per heavy atom. The summed E-state index contributed by atoms with van der Waals surface area (Å²) >= 11 is 6.70. The molecule has 8 heteroatoms. The van der Waals surface area contributed by atoms with Gasteiger partial charge in [0.2, 0.25) is 5.95 Å². The molecule has 0 amide bonds. The van der Waals surface area contributed by atoms with Gasteiger partial charge in [0, 0.05) is 57.9 Å². The molecule has 2 N–H and O–H groups in total. The lowest BCUT2D eigenvalue weighted by molar-refractivity contribution is 0.460. The molecule has 0 spiro atoms. The molecule has 196 valence electrons. The van der Waals surface area contributed by atoms with Crippen LogP contribution in [0.3, 0.4) is 0 Å². The number of halogens is 1. The zero-order chi connectivity index (χ0) is 26.8. The Morgan fingerprint density at radius 1 is 1.00 bits per heavy atom. The van der Waals surface area contributed by atoms with E-state index in [2.05, 4.69) is 44.9 Å². The molecule has 0 bridgehead atoms. The molecule has 1 aliphatic heterocycles. The molecule has 4 heterocycles. The van der Waals surface area contributed by atoms with E-state index in [1.165, 1.54) is 5.56 Å². The highest BCUT2D eigenvalue weighted by molar-refractivity contribution is 6.33. The third-order valence-electron chi connectivity index (χ3n) is 7.37. The molecule has 5 aromatic rings. The molecule has 0 atom stereocenters. The molecule has 39 heavy (non-hydrogen) atoms. The van der Waals surface area contributed by atoms with Crippen molar-refractivity contribution >= 4 is 34.3 Å². The number of anilines is 2. The molecule has 1 fully saturated rings. The van der Waals surface area contributed by atoms with Crippen molar-refractivity contribution in [1.82, 2.24) is 24.8 Å². The number of rotatable bonds is 6. The van der Waals surface area contributed by atoms with Gasteiger partial charge < -0.3 is 10.6 Å². The van der Waals surface area contributed by atoms with Gasteiger partial charge in [-0.2, -0.15) is 4.98 Å². The van der Waals surface area contributed by atoms with Crippen molar-refractivity contribution in [3.05, 3.63) is 100 Å². The highest BCUT2D eigenvalue weighted by atomic mass is 35.5. The summed E-state index contributed by atoms with van der Waals surface area (Å²) in [7, 11) is 0. The van der Waals surface area contributed by atoms with Gasteiger partial charge in [-0.05, 0) is 80.2 Å². The van der Waals surface area contributed by atoms with Gasteiger partial charge in [0.25, 0.3) is 5.56 Å². The van der Waals surface area contributed by atoms with Crippen LogP contribution in [0.4, 0.5) is 11.6 Å². The van der Waals surface area contributed by atoms with Gasteiger partial charge in [-0.3, -0.25) is 14.3 Å². The second-order valence-electron chi connectivity index (χ2n) is 9.79. The maximum Gasteiger partial charge on any atom is 0.260 e. The Morgan fingerprint density at radius 2 is 1.82 bits per heavy atom. The Balaban J connectivity index is 1.30. The van der Waals surface area contributed by atoms with Crippen LogP contribution in [0.25, 0.3) is 33.3 Å². The summed E-state index contributed by atoms with van der Waals surface area (Å²) < 4.78 is 1.67. The van der Waals surface area contributed by atoms with E-state index in [-0.39, 0.29) is 5.56 Å². The Hall–Kier alpha value is -4.07. The normalized spacial score (nSPS) is 14.0. The third kappa shape index (κ3) is 5.15. The fourth-order valence-corrected chi connectivity index (χ4v) is 5.56. The van der Waals surface area contributed by atoms with Crippen molar-refractivity contribution in [2.45, 2.75) is 32.2 Å². The molecule has 7 nitrogen and oxygen atoms in total. The van der Waals surface area contributed by atoms with Crippen LogP contribution in [-0.4, -0.2) is 32.6 Å². The number of aryl methyl sites for hydroxylation is 1. The first-order valence-electron chi connectivity index (χ1n) is 13.3. The van der Waals surface area contributed by atoms with Crippen LogP contribution >= 0.6 is 11.6 Å². The number of benzene rings is 2. The Labute approximate surface area is 231 Å². The lowest BCUT2D eigenvalue weighted by atomic mass is 9.90. The van der Waals surface area contributed by atoms with Crippen molar-refractivity contribution < 1.29 is 0 Å². The maximum atomic E-state index is 13.6. The molecular formula is C31H29ClN6O. The summed E-state index contributed by atoms with van der Waals surface area (Å²) in [5, 5.41) is 7.99. The number of aromatic nitrogens is 4. The summed E-state index contributed by atoms with van der Waals surface area (Å²) in [6.07, 6.45) is 7.60. The van der Waals surface area contributed by atoms with Crippen LogP contribution in [-0.2, 0) is 6.54 Å². The third-order valence-corrected chi connectivity index (χ3v) is 7.69. The first kappa shape index (κ1) is 25.2. The fraction of sp³-hybridized carbons (Fsp3) is 0.226. The summed E-state index contributed by atoms with van der Waals surface area (Å²) in [4.78, 5) is 27.0. The number of hydrogen-bond acceptors (Lipinski definition) is 6. The second kappa shape index (κ2) is 11.0. The molecule has 3 aromatic heterocycles. The van der Waals surface area contributed by atoms with Gasteiger partial charge in [-0.15, -0.1) is 0 Å². The Bertz CT molecular complexity index is 1680. The number of fused-ring (bicyclic) bond motifs is 1. The average Bonchev–Trinajstić information content (AvgIpc) is 2.98. The molecule has 0 saturated carbocycles. The largest absolute Gasteiger partial charge is 0.324 e. The van der Waals surface area contributed by atoms with Crippen molar-refractivity contribution in [2.75, 3.05) is 18.4 Å². The number of piperidine rings is 1. The second-order valence-corrected chi connectivity index (χ2v) is 10.2. The highest BCUT2D eigenvalue weighted by Crippen LogP contribution is 2.32. The molecular weight excluding hydrogens is 508 g/mol. The standard InChI is InChI=1S/C31H29ClN6O/c1-2-38-29-24(16-27(30(38)39)26-10-7-22(17-28(26)32)23-4-3-13-34-18-23)19-35-31(37-29)36-25-8-5-20(6-9-25)21-11-14-33-15-12-21/h3-10,13,16-19,21,33H,2,11-12,14-15H2,1H3,(H,35,36,37). The van der Waals surface area contributed by atoms with Crippen LogP contribution in [0.1, 0.15) is 31.2 Å². The van der Waals surface area contributed by atoms with Crippen molar-refractivity contribution in [3.8, 4) is 22.3 Å². The van der Waals surface area contributed by atoms with E-state index in [1.807, 2.05) is 43.3 Å². The predicted molar refractivity (Wildman–Crippen MR) is 158 cm³/mol. The summed E-state index contributed by atoms with van der Waals surface area (Å²) in [6, 6.07) is 19.9. The van der Waals surface area contributed by atoms with E-state index in [0.29, 0.717) is 40.2 Å². The van der Waals surface area contributed by atoms with E-state index < -0.39 is 0 Å². The van der Waals surface area contributed by atoms with E-state index in [0.717, 1.165) is 48.1 Å². The monoisotopic (exact) mass is 536 g/mol.